The van der Waals surface area contributed by atoms with E-state index in [0.29, 0.717) is 0 Å². The average Bonchev–Trinajstić information content (AvgIpc) is 2.95. The molecule has 0 atom stereocenters. The van der Waals surface area contributed by atoms with Gasteiger partial charge in [0.15, 0.2) is 0 Å². The van der Waals surface area contributed by atoms with Gasteiger partial charge >= 0.3 is 0 Å². The number of carbonyl (C=O) groups excluding carboxylic acids is 1. The molecule has 3 aromatic rings. The number of aryl methyl sites for hydroxylation is 1. The number of anilines is 1. The van der Waals surface area contributed by atoms with Crippen LogP contribution in [0.2, 0.25) is 0 Å². The minimum atomic E-state index is -0.0463. The fourth-order valence-corrected chi connectivity index (χ4v) is 2.99. The second-order valence-electron chi connectivity index (χ2n) is 4.83. The summed E-state index contributed by atoms with van der Waals surface area (Å²) in [6, 6.07) is 20.0. The van der Waals surface area contributed by atoms with Crippen LogP contribution in [0.25, 0.3) is 11.1 Å². The quantitative estimate of drug-likeness (QED) is 0.725. The van der Waals surface area contributed by atoms with Crippen molar-refractivity contribution in [1.82, 2.24) is 0 Å². The average molecular weight is 293 g/mol. The Balaban J connectivity index is 1.76. The van der Waals surface area contributed by atoms with Gasteiger partial charge in [0.2, 0.25) is 0 Å². The van der Waals surface area contributed by atoms with E-state index < -0.39 is 0 Å². The molecule has 1 N–H and O–H groups in total. The molecule has 1 heterocycles. The first kappa shape index (κ1) is 13.6. The van der Waals surface area contributed by atoms with E-state index in [9.17, 15) is 4.79 Å². The van der Waals surface area contributed by atoms with E-state index >= 15 is 0 Å². The van der Waals surface area contributed by atoms with Gasteiger partial charge in [0.1, 0.15) is 0 Å². The van der Waals surface area contributed by atoms with E-state index in [0.717, 1.165) is 21.7 Å². The van der Waals surface area contributed by atoms with Gasteiger partial charge < -0.3 is 5.32 Å². The predicted octanol–water partition coefficient (Wildman–Crippen LogP) is 4.98. The van der Waals surface area contributed by atoms with Crippen molar-refractivity contribution in [3.05, 3.63) is 76.5 Å². The number of hydrogen-bond donors (Lipinski definition) is 1. The molecular formula is C18H15NOS. The van der Waals surface area contributed by atoms with Crippen molar-refractivity contribution in [2.45, 2.75) is 6.92 Å². The maximum absolute atomic E-state index is 12.2. The van der Waals surface area contributed by atoms with Crippen LogP contribution in [-0.2, 0) is 0 Å². The van der Waals surface area contributed by atoms with Gasteiger partial charge in [-0.1, -0.05) is 42.5 Å². The molecule has 0 fully saturated rings. The smallest absolute Gasteiger partial charge is 0.265 e. The molecule has 0 aliphatic carbocycles. The Morgan fingerprint density at radius 1 is 0.905 bits per heavy atom. The molecule has 3 heteroatoms. The minimum Gasteiger partial charge on any atom is -0.321 e. The molecule has 0 saturated carbocycles. The summed E-state index contributed by atoms with van der Waals surface area (Å²) in [5.74, 6) is -0.0463. The monoisotopic (exact) mass is 293 g/mol. The van der Waals surface area contributed by atoms with Crippen molar-refractivity contribution in [2.24, 2.45) is 0 Å². The van der Waals surface area contributed by atoms with E-state index in [2.05, 4.69) is 17.4 Å². The Kier molecular flexibility index (Phi) is 3.84. The van der Waals surface area contributed by atoms with Gasteiger partial charge in [-0.25, -0.2) is 0 Å². The van der Waals surface area contributed by atoms with Gasteiger partial charge in [-0.05, 0) is 47.2 Å². The number of thiophene rings is 1. The minimum absolute atomic E-state index is 0.0463. The van der Waals surface area contributed by atoms with Crippen LogP contribution in [0, 0.1) is 6.92 Å². The molecule has 104 valence electrons. The van der Waals surface area contributed by atoms with E-state index in [1.54, 1.807) is 0 Å². The molecule has 0 aliphatic heterocycles. The van der Waals surface area contributed by atoms with Crippen molar-refractivity contribution >= 4 is 22.9 Å². The van der Waals surface area contributed by atoms with Crippen molar-refractivity contribution in [3.63, 3.8) is 0 Å². The van der Waals surface area contributed by atoms with Gasteiger partial charge in [-0.2, -0.15) is 0 Å². The number of carbonyl (C=O) groups is 1. The highest BCUT2D eigenvalue weighted by Crippen LogP contribution is 2.22. The fraction of sp³-hybridized carbons (Fsp3) is 0.0556. The summed E-state index contributed by atoms with van der Waals surface area (Å²) in [6.07, 6.45) is 0. The van der Waals surface area contributed by atoms with Crippen LogP contribution < -0.4 is 5.32 Å². The lowest BCUT2D eigenvalue weighted by Crippen LogP contribution is -2.11. The van der Waals surface area contributed by atoms with Crippen molar-refractivity contribution in [3.8, 4) is 11.1 Å². The third-order valence-corrected chi connectivity index (χ3v) is 4.33. The number of amides is 1. The molecule has 0 saturated heterocycles. The normalized spacial score (nSPS) is 10.3. The molecular weight excluding hydrogens is 278 g/mol. The third kappa shape index (κ3) is 3.03. The van der Waals surface area contributed by atoms with Gasteiger partial charge in [-0.3, -0.25) is 4.79 Å². The second-order valence-corrected chi connectivity index (χ2v) is 5.75. The maximum Gasteiger partial charge on any atom is 0.265 e. The van der Waals surface area contributed by atoms with Crippen LogP contribution in [0.4, 0.5) is 5.69 Å². The maximum atomic E-state index is 12.2. The van der Waals surface area contributed by atoms with E-state index in [-0.39, 0.29) is 5.91 Å². The van der Waals surface area contributed by atoms with E-state index in [4.69, 9.17) is 0 Å². The number of rotatable bonds is 3. The Hall–Kier alpha value is -2.39. The van der Waals surface area contributed by atoms with Crippen LogP contribution in [0.15, 0.2) is 66.0 Å². The zero-order chi connectivity index (χ0) is 14.7. The first-order valence-electron chi connectivity index (χ1n) is 6.75. The van der Waals surface area contributed by atoms with Crippen molar-refractivity contribution in [2.75, 3.05) is 5.32 Å². The molecule has 0 radical (unpaired) electrons. The van der Waals surface area contributed by atoms with Crippen molar-refractivity contribution < 1.29 is 4.79 Å². The highest BCUT2D eigenvalue weighted by Gasteiger charge is 2.10. The molecule has 0 bridgehead atoms. The first-order chi connectivity index (χ1) is 10.2. The second kappa shape index (κ2) is 5.94. The Labute approximate surface area is 128 Å². The largest absolute Gasteiger partial charge is 0.321 e. The zero-order valence-electron chi connectivity index (χ0n) is 11.7. The molecule has 1 amide bonds. The summed E-state index contributed by atoms with van der Waals surface area (Å²) < 4.78 is 0. The van der Waals surface area contributed by atoms with Gasteiger partial charge in [0, 0.05) is 5.69 Å². The standard InChI is InChI=1S/C18H15NOS/c1-13-11-12-21-17(13)18(20)19-16-9-7-15(8-10-16)14-5-3-2-4-6-14/h2-12H,1H3,(H,19,20). The fourth-order valence-electron chi connectivity index (χ4n) is 2.17. The molecule has 2 nitrogen and oxygen atoms in total. The van der Waals surface area contributed by atoms with Crippen LogP contribution in [0.5, 0.6) is 0 Å². The van der Waals surface area contributed by atoms with Crippen LogP contribution in [0.3, 0.4) is 0 Å². The predicted molar refractivity (Wildman–Crippen MR) is 88.9 cm³/mol. The number of hydrogen-bond acceptors (Lipinski definition) is 2. The Bertz CT molecular complexity index is 744. The summed E-state index contributed by atoms with van der Waals surface area (Å²) in [6.45, 7) is 1.95. The Morgan fingerprint density at radius 3 is 2.19 bits per heavy atom. The van der Waals surface area contributed by atoms with Gasteiger partial charge in [0.05, 0.1) is 4.88 Å². The summed E-state index contributed by atoms with van der Waals surface area (Å²) in [5.41, 5.74) is 4.14. The van der Waals surface area contributed by atoms with E-state index in [1.165, 1.54) is 16.9 Å². The summed E-state index contributed by atoms with van der Waals surface area (Å²) in [7, 11) is 0. The summed E-state index contributed by atoms with van der Waals surface area (Å²) >= 11 is 1.46. The number of benzene rings is 2. The molecule has 1 aromatic heterocycles. The lowest BCUT2D eigenvalue weighted by atomic mass is 10.1. The first-order valence-corrected chi connectivity index (χ1v) is 7.63. The SMILES string of the molecule is Cc1ccsc1C(=O)Nc1ccc(-c2ccccc2)cc1. The Morgan fingerprint density at radius 2 is 1.57 bits per heavy atom. The molecule has 3 rings (SSSR count). The lowest BCUT2D eigenvalue weighted by molar-refractivity contribution is 0.103. The third-order valence-electron chi connectivity index (χ3n) is 3.32. The summed E-state index contributed by atoms with van der Waals surface area (Å²) in [5, 5.41) is 4.87. The van der Waals surface area contributed by atoms with Crippen molar-refractivity contribution in [1.29, 1.82) is 0 Å². The van der Waals surface area contributed by atoms with Gasteiger partial charge in [0.25, 0.3) is 5.91 Å². The molecule has 21 heavy (non-hydrogen) atoms. The molecule has 0 unspecified atom stereocenters. The summed E-state index contributed by atoms with van der Waals surface area (Å²) in [4.78, 5) is 12.9. The van der Waals surface area contributed by atoms with Crippen LogP contribution in [0.1, 0.15) is 15.2 Å². The molecule has 0 spiro atoms. The highest BCUT2D eigenvalue weighted by atomic mass is 32.1. The lowest BCUT2D eigenvalue weighted by Gasteiger charge is -2.06. The van der Waals surface area contributed by atoms with E-state index in [1.807, 2.05) is 60.8 Å². The molecule has 0 aliphatic rings. The zero-order valence-corrected chi connectivity index (χ0v) is 12.5. The van der Waals surface area contributed by atoms with Crippen LogP contribution in [-0.4, -0.2) is 5.91 Å². The highest BCUT2D eigenvalue weighted by molar-refractivity contribution is 7.12. The van der Waals surface area contributed by atoms with Crippen LogP contribution >= 0.6 is 11.3 Å². The van der Waals surface area contributed by atoms with Gasteiger partial charge in [-0.15, -0.1) is 11.3 Å². The molecule has 2 aromatic carbocycles. The topological polar surface area (TPSA) is 29.1 Å². The number of nitrogens with one attached hydrogen (secondary N) is 1.